The van der Waals surface area contributed by atoms with Crippen molar-refractivity contribution in [3.8, 4) is 0 Å². The number of fused-ring (bicyclic) bond motifs is 1. The van der Waals surface area contributed by atoms with Gasteiger partial charge in [0, 0.05) is 32.3 Å². The Labute approximate surface area is 143 Å². The molecule has 2 N–H and O–H groups in total. The van der Waals surface area contributed by atoms with Gasteiger partial charge in [-0.25, -0.2) is 0 Å². The number of hydrogen-bond donors (Lipinski definition) is 2. The summed E-state index contributed by atoms with van der Waals surface area (Å²) in [6, 6.07) is 6.53. The van der Waals surface area contributed by atoms with Crippen molar-refractivity contribution in [2.75, 3.05) is 13.6 Å². The lowest BCUT2D eigenvalue weighted by Crippen LogP contribution is -2.45. The van der Waals surface area contributed by atoms with Crippen LogP contribution in [0.3, 0.4) is 0 Å². The second-order valence-corrected chi connectivity index (χ2v) is 6.76. The van der Waals surface area contributed by atoms with Crippen molar-refractivity contribution in [1.82, 2.24) is 25.2 Å². The van der Waals surface area contributed by atoms with Crippen LogP contribution >= 0.6 is 0 Å². The summed E-state index contributed by atoms with van der Waals surface area (Å²) in [4.78, 5) is 4.35. The summed E-state index contributed by atoms with van der Waals surface area (Å²) >= 11 is 0. The summed E-state index contributed by atoms with van der Waals surface area (Å²) in [5, 5.41) is 15.5. The summed E-state index contributed by atoms with van der Waals surface area (Å²) in [5.41, 5.74) is 0.907. The second-order valence-electron chi connectivity index (χ2n) is 6.76. The van der Waals surface area contributed by atoms with Crippen LogP contribution in [-0.2, 0) is 6.42 Å². The number of nitrogens with one attached hydrogen (secondary N) is 2. The van der Waals surface area contributed by atoms with Crippen LogP contribution in [0.15, 0.2) is 29.4 Å². The SMILES string of the molecule is CN=C(NCCCc1nnc2ccccn12)NC1CCCC(C)C1. The monoisotopic (exact) mass is 328 g/mol. The van der Waals surface area contributed by atoms with Gasteiger partial charge in [0.1, 0.15) is 5.82 Å². The first-order chi connectivity index (χ1) is 11.8. The molecule has 130 valence electrons. The highest BCUT2D eigenvalue weighted by Crippen LogP contribution is 2.23. The maximum absolute atomic E-state index is 4.35. The molecule has 0 saturated heterocycles. The van der Waals surface area contributed by atoms with Crippen LogP contribution in [0.4, 0.5) is 0 Å². The molecule has 1 aliphatic rings. The van der Waals surface area contributed by atoms with Gasteiger partial charge in [-0.2, -0.15) is 0 Å². The third-order valence-electron chi connectivity index (χ3n) is 4.75. The zero-order chi connectivity index (χ0) is 16.8. The molecular formula is C18H28N6. The molecule has 3 rings (SSSR count). The summed E-state index contributed by atoms with van der Waals surface area (Å²) in [6.45, 7) is 3.22. The lowest BCUT2D eigenvalue weighted by molar-refractivity contribution is 0.324. The summed E-state index contributed by atoms with van der Waals surface area (Å²) < 4.78 is 2.05. The van der Waals surface area contributed by atoms with E-state index in [0.717, 1.165) is 42.7 Å². The summed E-state index contributed by atoms with van der Waals surface area (Å²) in [7, 11) is 1.84. The fourth-order valence-corrected chi connectivity index (χ4v) is 3.47. The molecule has 2 heterocycles. The first kappa shape index (κ1) is 16.7. The fraction of sp³-hybridized carbons (Fsp3) is 0.611. The van der Waals surface area contributed by atoms with Crippen LogP contribution in [0.1, 0.15) is 44.9 Å². The van der Waals surface area contributed by atoms with Crippen molar-refractivity contribution < 1.29 is 0 Å². The lowest BCUT2D eigenvalue weighted by atomic mass is 9.87. The lowest BCUT2D eigenvalue weighted by Gasteiger charge is -2.28. The first-order valence-corrected chi connectivity index (χ1v) is 9.02. The molecule has 0 amide bonds. The number of nitrogens with zero attached hydrogens (tertiary/aromatic N) is 4. The molecule has 0 aliphatic heterocycles. The van der Waals surface area contributed by atoms with Crippen LogP contribution in [0, 0.1) is 5.92 Å². The van der Waals surface area contributed by atoms with E-state index < -0.39 is 0 Å². The van der Waals surface area contributed by atoms with Crippen LogP contribution in [-0.4, -0.2) is 40.2 Å². The average molecular weight is 328 g/mol. The Bertz CT molecular complexity index is 677. The van der Waals surface area contributed by atoms with Crippen molar-refractivity contribution in [1.29, 1.82) is 0 Å². The zero-order valence-corrected chi connectivity index (χ0v) is 14.7. The van der Waals surface area contributed by atoms with Crippen molar-refractivity contribution in [3.63, 3.8) is 0 Å². The van der Waals surface area contributed by atoms with E-state index in [1.807, 2.05) is 31.4 Å². The number of guanidine groups is 1. The van der Waals surface area contributed by atoms with Crippen LogP contribution in [0.5, 0.6) is 0 Å². The van der Waals surface area contributed by atoms with Gasteiger partial charge in [0.25, 0.3) is 0 Å². The molecule has 24 heavy (non-hydrogen) atoms. The predicted octanol–water partition coefficient (Wildman–Crippen LogP) is 2.41. The van der Waals surface area contributed by atoms with E-state index in [4.69, 9.17) is 0 Å². The van der Waals surface area contributed by atoms with Gasteiger partial charge < -0.3 is 10.6 Å². The quantitative estimate of drug-likeness (QED) is 0.502. The zero-order valence-electron chi connectivity index (χ0n) is 14.7. The largest absolute Gasteiger partial charge is 0.356 e. The standard InChI is InChI=1S/C18H28N6/c1-14-7-5-8-15(13-14)21-18(19-2)20-11-6-10-17-23-22-16-9-3-4-12-24(16)17/h3-4,9,12,14-15H,5-8,10-11,13H2,1-2H3,(H2,19,20,21). The van der Waals surface area contributed by atoms with Gasteiger partial charge in [-0.3, -0.25) is 9.39 Å². The van der Waals surface area contributed by atoms with E-state index in [2.05, 4.69) is 37.1 Å². The van der Waals surface area contributed by atoms with Gasteiger partial charge in [0.15, 0.2) is 11.6 Å². The minimum atomic E-state index is 0.556. The highest BCUT2D eigenvalue weighted by Gasteiger charge is 2.19. The van der Waals surface area contributed by atoms with E-state index in [1.165, 1.54) is 25.7 Å². The molecule has 1 saturated carbocycles. The van der Waals surface area contributed by atoms with Crippen molar-refractivity contribution in [3.05, 3.63) is 30.2 Å². The molecule has 0 radical (unpaired) electrons. The Balaban J connectivity index is 1.43. The van der Waals surface area contributed by atoms with Crippen molar-refractivity contribution in [2.24, 2.45) is 10.9 Å². The number of aliphatic imine (C=N–C) groups is 1. The Kier molecular flexibility index (Phi) is 5.67. The van der Waals surface area contributed by atoms with Crippen molar-refractivity contribution in [2.45, 2.75) is 51.5 Å². The molecule has 2 aromatic heterocycles. The van der Waals surface area contributed by atoms with Gasteiger partial charge in [-0.15, -0.1) is 10.2 Å². The number of aromatic nitrogens is 3. The molecule has 0 bridgehead atoms. The maximum atomic E-state index is 4.35. The predicted molar refractivity (Wildman–Crippen MR) is 97.2 cm³/mol. The Morgan fingerprint density at radius 1 is 1.33 bits per heavy atom. The van der Waals surface area contributed by atoms with Crippen LogP contribution in [0.25, 0.3) is 5.65 Å². The molecule has 1 aliphatic carbocycles. The molecule has 6 nitrogen and oxygen atoms in total. The second kappa shape index (κ2) is 8.13. The Morgan fingerprint density at radius 2 is 2.25 bits per heavy atom. The smallest absolute Gasteiger partial charge is 0.191 e. The third kappa shape index (κ3) is 4.24. The highest BCUT2D eigenvalue weighted by atomic mass is 15.2. The minimum absolute atomic E-state index is 0.556. The number of aryl methyl sites for hydroxylation is 1. The van der Waals surface area contributed by atoms with Gasteiger partial charge in [-0.05, 0) is 37.3 Å². The highest BCUT2D eigenvalue weighted by molar-refractivity contribution is 5.79. The Hall–Kier alpha value is -2.11. The van der Waals surface area contributed by atoms with E-state index in [9.17, 15) is 0 Å². The third-order valence-corrected chi connectivity index (χ3v) is 4.75. The van der Waals surface area contributed by atoms with Crippen LogP contribution in [0.2, 0.25) is 0 Å². The number of rotatable bonds is 5. The molecule has 2 aromatic rings. The molecule has 1 fully saturated rings. The van der Waals surface area contributed by atoms with Gasteiger partial charge in [-0.1, -0.05) is 25.8 Å². The van der Waals surface area contributed by atoms with Crippen LogP contribution < -0.4 is 10.6 Å². The van der Waals surface area contributed by atoms with Gasteiger partial charge >= 0.3 is 0 Å². The van der Waals surface area contributed by atoms with Crippen molar-refractivity contribution >= 4 is 11.6 Å². The van der Waals surface area contributed by atoms with E-state index in [-0.39, 0.29) is 0 Å². The van der Waals surface area contributed by atoms with E-state index in [1.54, 1.807) is 0 Å². The minimum Gasteiger partial charge on any atom is -0.356 e. The van der Waals surface area contributed by atoms with Gasteiger partial charge in [0.2, 0.25) is 0 Å². The topological polar surface area (TPSA) is 66.6 Å². The molecule has 6 heteroatoms. The molecule has 0 aromatic carbocycles. The number of pyridine rings is 1. The van der Waals surface area contributed by atoms with Gasteiger partial charge in [0.05, 0.1) is 0 Å². The molecule has 2 atom stereocenters. The molecule has 0 spiro atoms. The Morgan fingerprint density at radius 3 is 3.08 bits per heavy atom. The maximum Gasteiger partial charge on any atom is 0.191 e. The average Bonchev–Trinajstić information content (AvgIpc) is 3.01. The fourth-order valence-electron chi connectivity index (χ4n) is 3.47. The van der Waals surface area contributed by atoms with E-state index in [0.29, 0.717) is 6.04 Å². The summed E-state index contributed by atoms with van der Waals surface area (Å²) in [5.74, 6) is 2.74. The first-order valence-electron chi connectivity index (χ1n) is 9.02. The van der Waals surface area contributed by atoms with E-state index >= 15 is 0 Å². The molecule has 2 unspecified atom stereocenters. The summed E-state index contributed by atoms with van der Waals surface area (Å²) in [6.07, 6.45) is 9.07. The normalized spacial score (nSPS) is 21.8. The number of hydrogen-bond acceptors (Lipinski definition) is 3. The molecular weight excluding hydrogens is 300 g/mol.